The summed E-state index contributed by atoms with van der Waals surface area (Å²) in [6.07, 6.45) is 1.42. The predicted molar refractivity (Wildman–Crippen MR) is 130 cm³/mol. The fourth-order valence-corrected chi connectivity index (χ4v) is 5.54. The van der Waals surface area contributed by atoms with E-state index in [1.165, 1.54) is 4.31 Å². The van der Waals surface area contributed by atoms with Crippen LogP contribution in [0.5, 0.6) is 11.5 Å². The maximum absolute atomic E-state index is 13.6. The van der Waals surface area contributed by atoms with Gasteiger partial charge in [0, 0.05) is 37.6 Å². The highest BCUT2D eigenvalue weighted by Gasteiger charge is 2.26. The maximum Gasteiger partial charge on any atom is 0.243 e. The second-order valence-corrected chi connectivity index (χ2v) is 10.2. The van der Waals surface area contributed by atoms with Crippen LogP contribution in [0.15, 0.2) is 47.4 Å². The molecule has 0 amide bonds. The number of hydrogen-bond donors (Lipinski definition) is 0. The van der Waals surface area contributed by atoms with E-state index in [0.717, 1.165) is 50.4 Å². The largest absolute Gasteiger partial charge is 0.497 e. The Hall–Kier alpha value is -1.84. The molecule has 0 bridgehead atoms. The highest BCUT2D eigenvalue weighted by Crippen LogP contribution is 2.28. The van der Waals surface area contributed by atoms with Gasteiger partial charge >= 0.3 is 0 Å². The number of hydrogen-bond acceptors (Lipinski definition) is 6. The molecule has 1 fully saturated rings. The van der Waals surface area contributed by atoms with E-state index in [1.54, 1.807) is 38.5 Å². The van der Waals surface area contributed by atoms with Crippen LogP contribution >= 0.6 is 11.6 Å². The second-order valence-electron chi connectivity index (χ2n) is 7.91. The van der Waals surface area contributed by atoms with Gasteiger partial charge in [0.2, 0.25) is 10.0 Å². The van der Waals surface area contributed by atoms with Gasteiger partial charge in [0.05, 0.1) is 32.3 Å². The minimum absolute atomic E-state index is 0.190. The predicted octanol–water partition coefficient (Wildman–Crippen LogP) is 3.40. The molecule has 0 spiro atoms. The van der Waals surface area contributed by atoms with Crippen molar-refractivity contribution in [1.82, 2.24) is 9.21 Å². The maximum atomic E-state index is 13.6. The molecule has 1 aliphatic rings. The molecule has 2 aromatic carbocycles. The van der Waals surface area contributed by atoms with E-state index in [1.807, 2.05) is 18.2 Å². The third kappa shape index (κ3) is 7.07. The molecule has 33 heavy (non-hydrogen) atoms. The lowest BCUT2D eigenvalue weighted by Crippen LogP contribution is -2.39. The quantitative estimate of drug-likeness (QED) is 0.419. The average molecular weight is 497 g/mol. The standard InChI is InChI=1S/C24H33ClN2O5S/c1-30-22-6-9-24(31-2)21(18-22)19-27(13-3-12-26-14-16-32-17-15-26)33(28,29)23-7-4-20(5-8-23)10-11-25/h4-9,18H,3,10-17,19H2,1-2H3. The summed E-state index contributed by atoms with van der Waals surface area (Å²) in [7, 11) is -0.548. The lowest BCUT2D eigenvalue weighted by Gasteiger charge is -2.28. The average Bonchev–Trinajstić information content (AvgIpc) is 2.84. The van der Waals surface area contributed by atoms with Gasteiger partial charge in [-0.15, -0.1) is 11.6 Å². The topological polar surface area (TPSA) is 68.3 Å². The zero-order chi connectivity index (χ0) is 23.7. The van der Waals surface area contributed by atoms with Crippen molar-refractivity contribution in [3.63, 3.8) is 0 Å². The molecule has 3 rings (SSSR count). The summed E-state index contributed by atoms with van der Waals surface area (Å²) in [6, 6.07) is 12.4. The first-order chi connectivity index (χ1) is 16.0. The van der Waals surface area contributed by atoms with Crippen LogP contribution in [0.4, 0.5) is 0 Å². The summed E-state index contributed by atoms with van der Waals surface area (Å²) in [5.41, 5.74) is 1.77. The zero-order valence-electron chi connectivity index (χ0n) is 19.3. The molecule has 0 aliphatic carbocycles. The summed E-state index contributed by atoms with van der Waals surface area (Å²) in [5.74, 6) is 1.78. The van der Waals surface area contributed by atoms with Crippen LogP contribution in [-0.4, -0.2) is 77.1 Å². The molecular formula is C24H33ClN2O5S. The fourth-order valence-electron chi connectivity index (χ4n) is 3.86. The Morgan fingerprint density at radius 3 is 2.42 bits per heavy atom. The Labute approximate surface area is 202 Å². The minimum atomic E-state index is -3.72. The molecule has 2 aromatic rings. The fraction of sp³-hybridized carbons (Fsp3) is 0.500. The molecule has 182 valence electrons. The Morgan fingerprint density at radius 1 is 1.06 bits per heavy atom. The number of benzene rings is 2. The number of rotatable bonds is 12. The molecule has 0 unspecified atom stereocenters. The highest BCUT2D eigenvalue weighted by molar-refractivity contribution is 7.89. The van der Waals surface area contributed by atoms with Crippen LogP contribution in [0.1, 0.15) is 17.5 Å². The Bertz CT molecular complexity index is 979. The third-order valence-electron chi connectivity index (χ3n) is 5.76. The van der Waals surface area contributed by atoms with E-state index in [4.69, 9.17) is 25.8 Å². The van der Waals surface area contributed by atoms with Gasteiger partial charge in [0.1, 0.15) is 11.5 Å². The van der Waals surface area contributed by atoms with Gasteiger partial charge in [-0.1, -0.05) is 12.1 Å². The van der Waals surface area contributed by atoms with E-state index in [-0.39, 0.29) is 11.4 Å². The van der Waals surface area contributed by atoms with Crippen LogP contribution in [0.2, 0.25) is 0 Å². The summed E-state index contributed by atoms with van der Waals surface area (Å²) in [5, 5.41) is 0. The van der Waals surface area contributed by atoms with Crippen molar-refractivity contribution >= 4 is 21.6 Å². The van der Waals surface area contributed by atoms with Crippen molar-refractivity contribution in [2.75, 3.05) is 59.5 Å². The number of ether oxygens (including phenoxy) is 3. The number of sulfonamides is 1. The number of alkyl halides is 1. The summed E-state index contributed by atoms with van der Waals surface area (Å²) in [4.78, 5) is 2.58. The number of halogens is 1. The molecule has 0 N–H and O–H groups in total. The molecule has 0 saturated carbocycles. The number of morpholine rings is 1. The van der Waals surface area contributed by atoms with Crippen molar-refractivity contribution in [2.45, 2.75) is 24.3 Å². The number of methoxy groups -OCH3 is 2. The minimum Gasteiger partial charge on any atom is -0.497 e. The van der Waals surface area contributed by atoms with Gasteiger partial charge in [-0.3, -0.25) is 4.90 Å². The molecule has 0 atom stereocenters. The second kappa shape index (κ2) is 12.6. The van der Waals surface area contributed by atoms with Crippen LogP contribution in [0.3, 0.4) is 0 Å². The zero-order valence-corrected chi connectivity index (χ0v) is 20.9. The van der Waals surface area contributed by atoms with E-state index in [0.29, 0.717) is 30.3 Å². The number of aryl methyl sites for hydroxylation is 1. The van der Waals surface area contributed by atoms with E-state index in [9.17, 15) is 8.42 Å². The van der Waals surface area contributed by atoms with E-state index in [2.05, 4.69) is 4.90 Å². The van der Waals surface area contributed by atoms with Crippen LogP contribution in [0.25, 0.3) is 0 Å². The monoisotopic (exact) mass is 496 g/mol. The Balaban J connectivity index is 1.83. The summed E-state index contributed by atoms with van der Waals surface area (Å²) >= 11 is 5.82. The van der Waals surface area contributed by atoms with Crippen LogP contribution in [-0.2, 0) is 27.7 Å². The lowest BCUT2D eigenvalue weighted by molar-refractivity contribution is 0.0368. The van der Waals surface area contributed by atoms with E-state index >= 15 is 0 Å². The Morgan fingerprint density at radius 2 is 1.79 bits per heavy atom. The van der Waals surface area contributed by atoms with Crippen LogP contribution in [0, 0.1) is 0 Å². The lowest BCUT2D eigenvalue weighted by atomic mass is 10.2. The summed E-state index contributed by atoms with van der Waals surface area (Å²) < 4.78 is 45.1. The van der Waals surface area contributed by atoms with Gasteiger partial charge < -0.3 is 14.2 Å². The molecule has 1 heterocycles. The first kappa shape index (κ1) is 25.8. The first-order valence-corrected chi connectivity index (χ1v) is 13.1. The molecule has 9 heteroatoms. The van der Waals surface area contributed by atoms with E-state index < -0.39 is 10.0 Å². The molecular weight excluding hydrogens is 464 g/mol. The van der Waals surface area contributed by atoms with Gasteiger partial charge in [-0.25, -0.2) is 8.42 Å². The van der Waals surface area contributed by atoms with Gasteiger partial charge in [-0.05, 0) is 55.3 Å². The van der Waals surface area contributed by atoms with Crippen molar-refractivity contribution < 1.29 is 22.6 Å². The smallest absolute Gasteiger partial charge is 0.243 e. The molecule has 7 nitrogen and oxygen atoms in total. The van der Waals surface area contributed by atoms with Gasteiger partial charge in [0.25, 0.3) is 0 Å². The number of nitrogens with zero attached hydrogens (tertiary/aromatic N) is 2. The third-order valence-corrected chi connectivity index (χ3v) is 7.81. The van der Waals surface area contributed by atoms with Crippen LogP contribution < -0.4 is 9.47 Å². The normalized spacial score (nSPS) is 15.0. The molecule has 1 saturated heterocycles. The molecule has 1 aliphatic heterocycles. The molecule has 0 radical (unpaired) electrons. The Kier molecular flexibility index (Phi) is 9.82. The van der Waals surface area contributed by atoms with Gasteiger partial charge in [0.15, 0.2) is 0 Å². The van der Waals surface area contributed by atoms with Crippen molar-refractivity contribution in [1.29, 1.82) is 0 Å². The van der Waals surface area contributed by atoms with Crippen molar-refractivity contribution in [2.24, 2.45) is 0 Å². The SMILES string of the molecule is COc1ccc(OC)c(CN(CCCN2CCOCC2)S(=O)(=O)c2ccc(CCCl)cc2)c1. The summed E-state index contributed by atoms with van der Waals surface area (Å²) in [6.45, 7) is 4.59. The van der Waals surface area contributed by atoms with Crippen molar-refractivity contribution in [3.05, 3.63) is 53.6 Å². The van der Waals surface area contributed by atoms with Crippen molar-refractivity contribution in [3.8, 4) is 11.5 Å². The first-order valence-electron chi connectivity index (χ1n) is 11.1. The molecule has 0 aromatic heterocycles. The van der Waals surface area contributed by atoms with Gasteiger partial charge in [-0.2, -0.15) is 4.31 Å². The highest BCUT2D eigenvalue weighted by atomic mass is 35.5.